The SMILES string of the molecule is Cc1c(O)c(CCC(=O)O)cc2c1C(C)(C)CC(=O)O2. The molecule has 2 rings (SSSR count). The summed E-state index contributed by atoms with van der Waals surface area (Å²) in [5.74, 6) is -0.716. The fraction of sp³-hybridized carbons (Fsp3) is 0.467. The van der Waals surface area contributed by atoms with Crippen LogP contribution in [0.5, 0.6) is 11.5 Å². The monoisotopic (exact) mass is 278 g/mol. The predicted octanol–water partition coefficient (Wildman–Crippen LogP) is 2.30. The second kappa shape index (κ2) is 4.81. The minimum absolute atomic E-state index is 0.0802. The van der Waals surface area contributed by atoms with Crippen LogP contribution in [0, 0.1) is 6.92 Å². The molecule has 0 fully saturated rings. The van der Waals surface area contributed by atoms with E-state index in [1.54, 1.807) is 13.0 Å². The van der Waals surface area contributed by atoms with E-state index in [0.717, 1.165) is 5.56 Å². The molecule has 0 radical (unpaired) electrons. The van der Waals surface area contributed by atoms with Gasteiger partial charge in [-0.2, -0.15) is 0 Å². The minimum Gasteiger partial charge on any atom is -0.507 e. The van der Waals surface area contributed by atoms with Crippen molar-refractivity contribution in [3.8, 4) is 11.5 Å². The Bertz CT molecular complexity index is 586. The minimum atomic E-state index is -0.933. The van der Waals surface area contributed by atoms with Gasteiger partial charge in [0.1, 0.15) is 11.5 Å². The van der Waals surface area contributed by atoms with E-state index in [1.807, 2.05) is 13.8 Å². The quantitative estimate of drug-likeness (QED) is 0.654. The summed E-state index contributed by atoms with van der Waals surface area (Å²) >= 11 is 0. The van der Waals surface area contributed by atoms with E-state index in [-0.39, 0.29) is 31.0 Å². The van der Waals surface area contributed by atoms with Gasteiger partial charge in [-0.1, -0.05) is 13.8 Å². The van der Waals surface area contributed by atoms with Crippen molar-refractivity contribution < 1.29 is 24.5 Å². The van der Waals surface area contributed by atoms with E-state index >= 15 is 0 Å². The van der Waals surface area contributed by atoms with Gasteiger partial charge < -0.3 is 14.9 Å². The zero-order valence-electron chi connectivity index (χ0n) is 11.8. The largest absolute Gasteiger partial charge is 0.507 e. The summed E-state index contributed by atoms with van der Waals surface area (Å²) in [4.78, 5) is 22.3. The van der Waals surface area contributed by atoms with Gasteiger partial charge in [-0.25, -0.2) is 0 Å². The summed E-state index contributed by atoms with van der Waals surface area (Å²) in [7, 11) is 0. The van der Waals surface area contributed by atoms with Crippen LogP contribution in [0.4, 0.5) is 0 Å². The van der Waals surface area contributed by atoms with Crippen molar-refractivity contribution in [2.75, 3.05) is 0 Å². The van der Waals surface area contributed by atoms with Crippen molar-refractivity contribution in [2.45, 2.75) is 45.4 Å². The molecule has 20 heavy (non-hydrogen) atoms. The molecule has 0 saturated carbocycles. The van der Waals surface area contributed by atoms with E-state index in [1.165, 1.54) is 0 Å². The van der Waals surface area contributed by atoms with Gasteiger partial charge >= 0.3 is 11.9 Å². The van der Waals surface area contributed by atoms with Gasteiger partial charge in [-0.15, -0.1) is 0 Å². The first kappa shape index (κ1) is 14.4. The predicted molar refractivity (Wildman–Crippen MR) is 72.1 cm³/mol. The Morgan fingerprint density at radius 2 is 2.10 bits per heavy atom. The lowest BCUT2D eigenvalue weighted by Crippen LogP contribution is -2.31. The number of esters is 1. The average molecular weight is 278 g/mol. The molecule has 0 aliphatic carbocycles. The number of aromatic hydroxyl groups is 1. The van der Waals surface area contributed by atoms with E-state index in [9.17, 15) is 14.7 Å². The zero-order valence-corrected chi connectivity index (χ0v) is 11.8. The molecule has 108 valence electrons. The summed E-state index contributed by atoms with van der Waals surface area (Å²) in [6.45, 7) is 5.62. The van der Waals surface area contributed by atoms with Crippen molar-refractivity contribution in [3.63, 3.8) is 0 Å². The van der Waals surface area contributed by atoms with Crippen LogP contribution >= 0.6 is 0 Å². The number of benzene rings is 1. The molecule has 1 aromatic carbocycles. The topological polar surface area (TPSA) is 83.8 Å². The van der Waals surface area contributed by atoms with Crippen LogP contribution in [0.3, 0.4) is 0 Å². The van der Waals surface area contributed by atoms with Gasteiger partial charge in [0.25, 0.3) is 0 Å². The average Bonchev–Trinajstić information content (AvgIpc) is 2.29. The fourth-order valence-corrected chi connectivity index (χ4v) is 2.80. The van der Waals surface area contributed by atoms with Crippen LogP contribution < -0.4 is 4.74 Å². The number of ether oxygens (including phenoxy) is 1. The third-order valence-electron chi connectivity index (χ3n) is 3.68. The number of phenols is 1. The zero-order chi connectivity index (χ0) is 15.1. The standard InChI is InChI=1S/C15H18O5/c1-8-13-10(20-12(18)7-15(13,2)3)6-9(14(8)19)4-5-11(16)17/h6,19H,4-5,7H2,1-3H3,(H,16,17). The molecule has 0 bridgehead atoms. The number of carbonyl (C=O) groups excluding carboxylic acids is 1. The van der Waals surface area contributed by atoms with E-state index in [4.69, 9.17) is 9.84 Å². The molecular weight excluding hydrogens is 260 g/mol. The molecule has 1 aromatic rings. The highest BCUT2D eigenvalue weighted by Gasteiger charge is 2.36. The van der Waals surface area contributed by atoms with Crippen LogP contribution in [0.2, 0.25) is 0 Å². The second-order valence-electron chi connectivity index (χ2n) is 5.81. The first-order chi connectivity index (χ1) is 9.22. The molecular formula is C15H18O5. The van der Waals surface area contributed by atoms with Crippen LogP contribution in [0.1, 0.15) is 43.4 Å². The summed E-state index contributed by atoms with van der Waals surface area (Å²) < 4.78 is 5.25. The van der Waals surface area contributed by atoms with Gasteiger partial charge in [0.15, 0.2) is 0 Å². The Kier molecular flexibility index (Phi) is 3.46. The fourth-order valence-electron chi connectivity index (χ4n) is 2.80. The number of aryl methyl sites for hydroxylation is 1. The molecule has 0 unspecified atom stereocenters. The van der Waals surface area contributed by atoms with Crippen molar-refractivity contribution in [3.05, 3.63) is 22.8 Å². The van der Waals surface area contributed by atoms with E-state index in [0.29, 0.717) is 16.9 Å². The van der Waals surface area contributed by atoms with Gasteiger partial charge in [-0.3, -0.25) is 9.59 Å². The van der Waals surface area contributed by atoms with Crippen molar-refractivity contribution in [1.29, 1.82) is 0 Å². The molecule has 0 atom stereocenters. The molecule has 5 heteroatoms. The Labute approximate surface area is 117 Å². The molecule has 2 N–H and O–H groups in total. The van der Waals surface area contributed by atoms with Crippen LogP contribution in [0.15, 0.2) is 6.07 Å². The number of aliphatic carboxylic acids is 1. The number of carboxylic acid groups (broad SMARTS) is 1. The molecule has 0 amide bonds. The Balaban J connectivity index is 2.51. The normalized spacial score (nSPS) is 16.4. The lowest BCUT2D eigenvalue weighted by molar-refractivity contribution is -0.138. The summed E-state index contributed by atoms with van der Waals surface area (Å²) in [6.07, 6.45) is 0.380. The highest BCUT2D eigenvalue weighted by Crippen LogP contribution is 2.45. The maximum atomic E-state index is 11.6. The lowest BCUT2D eigenvalue weighted by atomic mass is 9.76. The molecule has 0 aromatic heterocycles. The number of phenolic OH excluding ortho intramolecular Hbond substituents is 1. The number of rotatable bonds is 3. The third-order valence-corrected chi connectivity index (χ3v) is 3.68. The molecule has 1 heterocycles. The highest BCUT2D eigenvalue weighted by atomic mass is 16.5. The second-order valence-corrected chi connectivity index (χ2v) is 5.81. The maximum absolute atomic E-state index is 11.6. The molecule has 5 nitrogen and oxygen atoms in total. The smallest absolute Gasteiger partial charge is 0.312 e. The lowest BCUT2D eigenvalue weighted by Gasteiger charge is -2.33. The first-order valence-corrected chi connectivity index (χ1v) is 6.51. The number of carboxylic acids is 1. The van der Waals surface area contributed by atoms with E-state index in [2.05, 4.69) is 0 Å². The van der Waals surface area contributed by atoms with Gasteiger partial charge in [0.2, 0.25) is 0 Å². The van der Waals surface area contributed by atoms with Crippen LogP contribution in [-0.2, 0) is 21.4 Å². The molecule has 0 spiro atoms. The summed E-state index contributed by atoms with van der Waals surface area (Å²) in [5, 5.41) is 19.0. The van der Waals surface area contributed by atoms with Crippen LogP contribution in [-0.4, -0.2) is 22.2 Å². The Morgan fingerprint density at radius 1 is 1.45 bits per heavy atom. The number of fused-ring (bicyclic) bond motifs is 1. The van der Waals surface area contributed by atoms with Gasteiger partial charge in [0.05, 0.1) is 6.42 Å². The first-order valence-electron chi connectivity index (χ1n) is 6.51. The van der Waals surface area contributed by atoms with E-state index < -0.39 is 11.4 Å². The van der Waals surface area contributed by atoms with Gasteiger partial charge in [-0.05, 0) is 30.5 Å². The van der Waals surface area contributed by atoms with Gasteiger partial charge in [0, 0.05) is 17.4 Å². The Morgan fingerprint density at radius 3 is 2.70 bits per heavy atom. The number of hydrogen-bond donors (Lipinski definition) is 2. The number of hydrogen-bond acceptors (Lipinski definition) is 4. The Hall–Kier alpha value is -2.04. The van der Waals surface area contributed by atoms with Crippen molar-refractivity contribution in [2.24, 2.45) is 0 Å². The van der Waals surface area contributed by atoms with Crippen molar-refractivity contribution in [1.82, 2.24) is 0 Å². The third kappa shape index (κ3) is 2.48. The highest BCUT2D eigenvalue weighted by molar-refractivity contribution is 5.79. The summed E-state index contributed by atoms with van der Waals surface area (Å²) in [6, 6.07) is 1.58. The molecule has 1 aliphatic heterocycles. The van der Waals surface area contributed by atoms with Crippen LogP contribution in [0.25, 0.3) is 0 Å². The summed E-state index contributed by atoms with van der Waals surface area (Å²) in [5.41, 5.74) is 1.56. The molecule has 1 aliphatic rings. The van der Waals surface area contributed by atoms with Crippen molar-refractivity contribution >= 4 is 11.9 Å². The molecule has 0 saturated heterocycles. The maximum Gasteiger partial charge on any atom is 0.312 e. The number of carbonyl (C=O) groups is 2.